The Morgan fingerprint density at radius 3 is 2.50 bits per heavy atom. The second-order valence-corrected chi connectivity index (χ2v) is 6.83. The van der Waals surface area contributed by atoms with Gasteiger partial charge in [0.25, 0.3) is 0 Å². The van der Waals surface area contributed by atoms with Crippen molar-refractivity contribution in [1.82, 2.24) is 4.31 Å². The van der Waals surface area contributed by atoms with Crippen molar-refractivity contribution in [2.75, 3.05) is 33.4 Å². The van der Waals surface area contributed by atoms with Gasteiger partial charge in [-0.25, -0.2) is 12.7 Å². The van der Waals surface area contributed by atoms with E-state index in [-0.39, 0.29) is 6.61 Å². The maximum absolute atomic E-state index is 11.9. The summed E-state index contributed by atoms with van der Waals surface area (Å²) in [6.07, 6.45) is 1.82. The summed E-state index contributed by atoms with van der Waals surface area (Å²) >= 11 is 0. The van der Waals surface area contributed by atoms with Crippen molar-refractivity contribution in [1.29, 1.82) is 0 Å². The van der Waals surface area contributed by atoms with E-state index in [4.69, 9.17) is 9.84 Å². The van der Waals surface area contributed by atoms with Crippen LogP contribution in [0.25, 0.3) is 0 Å². The normalized spacial score (nSPS) is 21.2. The Hall–Kier alpha value is -0.170. The maximum Gasteiger partial charge on any atom is 0.218 e. The predicted octanol–water partition coefficient (Wildman–Crippen LogP) is 0.0554. The fourth-order valence-electron chi connectivity index (χ4n) is 1.80. The van der Waals surface area contributed by atoms with Crippen LogP contribution in [0.2, 0.25) is 0 Å². The number of sulfonamides is 1. The third-order valence-corrected chi connectivity index (χ3v) is 5.24. The van der Waals surface area contributed by atoms with Gasteiger partial charge in [-0.3, -0.25) is 0 Å². The van der Waals surface area contributed by atoms with E-state index >= 15 is 0 Å². The van der Waals surface area contributed by atoms with Crippen molar-refractivity contribution in [2.24, 2.45) is 5.92 Å². The highest BCUT2D eigenvalue weighted by atomic mass is 32.2. The Labute approximate surface area is 97.4 Å². The average Bonchev–Trinajstić information content (AvgIpc) is 2.29. The summed E-state index contributed by atoms with van der Waals surface area (Å²) in [7, 11) is -1.77. The van der Waals surface area contributed by atoms with Crippen molar-refractivity contribution in [2.45, 2.75) is 25.0 Å². The van der Waals surface area contributed by atoms with Crippen molar-refractivity contribution in [3.63, 3.8) is 0 Å². The smallest absolute Gasteiger partial charge is 0.218 e. The van der Waals surface area contributed by atoms with Crippen LogP contribution in [-0.2, 0) is 14.8 Å². The summed E-state index contributed by atoms with van der Waals surface area (Å²) in [5, 5.41) is 8.17. The van der Waals surface area contributed by atoms with Gasteiger partial charge >= 0.3 is 0 Å². The minimum Gasteiger partial charge on any atom is -0.395 e. The Bertz CT molecular complexity index is 298. The molecule has 0 saturated carbocycles. The molecule has 0 bridgehead atoms. The molecular formula is C10H21NO4S. The zero-order valence-electron chi connectivity index (χ0n) is 9.92. The number of ether oxygens (including phenoxy) is 1. The summed E-state index contributed by atoms with van der Waals surface area (Å²) < 4.78 is 30.3. The summed E-state index contributed by atoms with van der Waals surface area (Å²) in [4.78, 5) is 0. The van der Waals surface area contributed by atoms with Gasteiger partial charge in [0.15, 0.2) is 0 Å². The molecule has 1 aliphatic heterocycles. The first-order valence-corrected chi connectivity index (χ1v) is 7.12. The van der Waals surface area contributed by atoms with Gasteiger partial charge < -0.3 is 9.84 Å². The first-order valence-electron chi connectivity index (χ1n) is 5.62. The molecule has 6 heteroatoms. The fourth-order valence-corrected chi connectivity index (χ4v) is 3.02. The molecule has 0 radical (unpaired) electrons. The van der Waals surface area contributed by atoms with E-state index in [2.05, 4.69) is 0 Å². The molecule has 1 fully saturated rings. The minimum absolute atomic E-state index is 0.333. The van der Waals surface area contributed by atoms with Crippen molar-refractivity contribution in [3.8, 4) is 0 Å². The Morgan fingerprint density at radius 2 is 2.00 bits per heavy atom. The molecule has 5 nitrogen and oxygen atoms in total. The van der Waals surface area contributed by atoms with E-state index in [1.54, 1.807) is 7.05 Å². The molecule has 96 valence electrons. The lowest BCUT2D eigenvalue weighted by Crippen LogP contribution is -2.40. The SMILES string of the molecule is CC(CO)S(=O)(=O)N(C)CC1CCOCC1. The van der Waals surface area contributed by atoms with Crippen LogP contribution in [0.5, 0.6) is 0 Å². The Kier molecular flexibility index (Phi) is 5.17. The van der Waals surface area contributed by atoms with Gasteiger partial charge in [-0.15, -0.1) is 0 Å². The Balaban J connectivity index is 2.53. The topological polar surface area (TPSA) is 66.8 Å². The van der Waals surface area contributed by atoms with Crippen LogP contribution in [0, 0.1) is 5.92 Å². The van der Waals surface area contributed by atoms with E-state index in [9.17, 15) is 8.42 Å². The molecule has 1 N–H and O–H groups in total. The van der Waals surface area contributed by atoms with Gasteiger partial charge in [-0.1, -0.05) is 0 Å². The fraction of sp³-hybridized carbons (Fsp3) is 1.00. The highest BCUT2D eigenvalue weighted by molar-refractivity contribution is 7.89. The highest BCUT2D eigenvalue weighted by Gasteiger charge is 2.27. The standard InChI is InChI=1S/C10H21NO4S/c1-9(8-12)16(13,14)11(2)7-10-3-5-15-6-4-10/h9-10,12H,3-8H2,1-2H3. The van der Waals surface area contributed by atoms with Crippen LogP contribution >= 0.6 is 0 Å². The number of aliphatic hydroxyl groups is 1. The largest absolute Gasteiger partial charge is 0.395 e. The van der Waals surface area contributed by atoms with Crippen LogP contribution in [0.4, 0.5) is 0 Å². The van der Waals surface area contributed by atoms with Crippen LogP contribution < -0.4 is 0 Å². The number of aliphatic hydroxyl groups excluding tert-OH is 1. The van der Waals surface area contributed by atoms with E-state index < -0.39 is 15.3 Å². The molecule has 16 heavy (non-hydrogen) atoms. The van der Waals surface area contributed by atoms with Crippen molar-refractivity contribution < 1.29 is 18.3 Å². The molecule has 0 amide bonds. The third kappa shape index (κ3) is 3.41. The highest BCUT2D eigenvalue weighted by Crippen LogP contribution is 2.18. The van der Waals surface area contributed by atoms with Crippen LogP contribution in [0.15, 0.2) is 0 Å². The quantitative estimate of drug-likeness (QED) is 0.750. The van der Waals surface area contributed by atoms with Crippen molar-refractivity contribution in [3.05, 3.63) is 0 Å². The van der Waals surface area contributed by atoms with Crippen LogP contribution in [0.1, 0.15) is 19.8 Å². The molecule has 0 spiro atoms. The summed E-state index contributed by atoms with van der Waals surface area (Å²) in [6.45, 7) is 3.15. The van der Waals surface area contributed by atoms with E-state index in [1.165, 1.54) is 11.2 Å². The van der Waals surface area contributed by atoms with E-state index in [0.29, 0.717) is 25.7 Å². The predicted molar refractivity (Wildman–Crippen MR) is 61.6 cm³/mol. The first kappa shape index (κ1) is 13.9. The van der Waals surface area contributed by atoms with Crippen molar-refractivity contribution >= 4 is 10.0 Å². The zero-order valence-corrected chi connectivity index (χ0v) is 10.7. The molecule has 0 aromatic rings. The maximum atomic E-state index is 11.9. The second kappa shape index (κ2) is 5.95. The van der Waals surface area contributed by atoms with Gasteiger partial charge in [0.05, 0.1) is 11.9 Å². The zero-order chi connectivity index (χ0) is 12.2. The summed E-state index contributed by atoms with van der Waals surface area (Å²) in [6, 6.07) is 0. The van der Waals surface area contributed by atoms with Crippen LogP contribution in [-0.4, -0.2) is 56.5 Å². The lowest BCUT2D eigenvalue weighted by atomic mass is 10.0. The first-order chi connectivity index (χ1) is 7.48. The molecule has 1 rings (SSSR count). The molecule has 1 atom stereocenters. The Morgan fingerprint density at radius 1 is 1.44 bits per heavy atom. The van der Waals surface area contributed by atoms with Gasteiger partial charge in [0.2, 0.25) is 10.0 Å². The van der Waals surface area contributed by atoms with Gasteiger partial charge in [0.1, 0.15) is 0 Å². The van der Waals surface area contributed by atoms with Gasteiger partial charge in [0, 0.05) is 26.8 Å². The molecule has 1 saturated heterocycles. The number of nitrogens with zero attached hydrogens (tertiary/aromatic N) is 1. The number of rotatable bonds is 5. The molecule has 1 aliphatic rings. The van der Waals surface area contributed by atoms with Gasteiger partial charge in [-0.2, -0.15) is 0 Å². The third-order valence-electron chi connectivity index (χ3n) is 3.06. The lowest BCUT2D eigenvalue weighted by molar-refractivity contribution is 0.0619. The van der Waals surface area contributed by atoms with Crippen LogP contribution in [0.3, 0.4) is 0 Å². The van der Waals surface area contributed by atoms with E-state index in [1.807, 2.05) is 0 Å². The molecule has 0 aliphatic carbocycles. The average molecular weight is 251 g/mol. The molecule has 0 aromatic heterocycles. The lowest BCUT2D eigenvalue weighted by Gasteiger charge is -2.28. The second-order valence-electron chi connectivity index (χ2n) is 4.37. The number of hydrogen-bond donors (Lipinski definition) is 1. The molecule has 1 unspecified atom stereocenters. The molecule has 0 aromatic carbocycles. The molecule has 1 heterocycles. The monoisotopic (exact) mass is 251 g/mol. The molecular weight excluding hydrogens is 230 g/mol. The van der Waals surface area contributed by atoms with E-state index in [0.717, 1.165) is 12.8 Å². The number of hydrogen-bond acceptors (Lipinski definition) is 4. The minimum atomic E-state index is -3.35. The summed E-state index contributed by atoms with van der Waals surface area (Å²) in [5.41, 5.74) is 0. The van der Waals surface area contributed by atoms with Gasteiger partial charge in [-0.05, 0) is 25.7 Å². The summed E-state index contributed by atoms with van der Waals surface area (Å²) in [5.74, 6) is 0.374.